The molecule has 0 amide bonds. The maximum Gasteiger partial charge on any atom is 0.473 e. The Kier molecular flexibility index (Phi) is 15.9. The molecule has 3 aromatic rings. The summed E-state index contributed by atoms with van der Waals surface area (Å²) in [5.41, 5.74) is 3.26. The number of phosphoric ester groups is 1. The van der Waals surface area contributed by atoms with Crippen LogP contribution in [0.4, 0.5) is 5.82 Å². The van der Waals surface area contributed by atoms with Crippen molar-refractivity contribution in [2.45, 2.75) is 158 Å². The highest BCUT2D eigenvalue weighted by Gasteiger charge is 2.83. The Bertz CT molecular complexity index is 1670. The molecular weight excluding hydrogens is 709 g/mol. The molecule has 1 aliphatic carbocycles. The Morgan fingerprint density at radius 3 is 2.15 bits per heavy atom. The number of hydrogen-bond acceptors (Lipinski definition) is 11. The number of aliphatic hydroxyl groups is 2. The number of aryl methyl sites for hydroxylation is 1. The van der Waals surface area contributed by atoms with Gasteiger partial charge >= 0.3 is 7.82 Å². The maximum absolute atomic E-state index is 13.3. The summed E-state index contributed by atoms with van der Waals surface area (Å²) in [5.74, 6) is 0.149. The molecular formula is C40H60N5O8P. The fourth-order valence-corrected chi connectivity index (χ4v) is 8.73. The van der Waals surface area contributed by atoms with Crippen molar-refractivity contribution in [2.75, 3.05) is 18.9 Å². The molecule has 5 N–H and O–H groups in total. The van der Waals surface area contributed by atoms with Crippen LogP contribution in [0, 0.1) is 11.3 Å². The zero-order valence-corrected chi connectivity index (χ0v) is 32.7. The van der Waals surface area contributed by atoms with Gasteiger partial charge in [0.05, 0.1) is 18.4 Å². The van der Waals surface area contributed by atoms with Crippen molar-refractivity contribution < 1.29 is 38.2 Å². The first kappa shape index (κ1) is 42.2. The number of nitriles is 1. The fraction of sp³-hybridized carbons (Fsp3) is 0.675. The number of aromatic nitrogens is 3. The molecule has 3 heterocycles. The minimum Gasteiger partial charge on any atom is -0.385 e. The van der Waals surface area contributed by atoms with Gasteiger partial charge in [0.15, 0.2) is 11.4 Å². The van der Waals surface area contributed by atoms with Crippen molar-refractivity contribution in [3.8, 4) is 6.07 Å². The Morgan fingerprint density at radius 2 is 1.57 bits per heavy atom. The molecule has 1 saturated heterocycles. The molecule has 7 atom stereocenters. The van der Waals surface area contributed by atoms with Gasteiger partial charge in [0.25, 0.3) is 0 Å². The van der Waals surface area contributed by atoms with Gasteiger partial charge in [-0.05, 0) is 37.0 Å². The molecule has 298 valence electrons. The number of phosphoric acid groups is 1. The van der Waals surface area contributed by atoms with E-state index in [-0.39, 0.29) is 18.1 Å². The van der Waals surface area contributed by atoms with Crippen LogP contribution in [0.1, 0.15) is 127 Å². The Morgan fingerprint density at radius 1 is 0.963 bits per heavy atom. The molecule has 1 saturated carbocycles. The van der Waals surface area contributed by atoms with Crippen LogP contribution in [0.3, 0.4) is 0 Å². The second-order valence-corrected chi connectivity index (χ2v) is 16.3. The zero-order chi connectivity index (χ0) is 38.4. The van der Waals surface area contributed by atoms with Gasteiger partial charge in [0, 0.05) is 6.61 Å². The lowest BCUT2D eigenvalue weighted by molar-refractivity contribution is -0.107. The predicted octanol–water partition coefficient (Wildman–Crippen LogP) is 7.32. The summed E-state index contributed by atoms with van der Waals surface area (Å²) in [6.45, 7) is 2.85. The molecule has 0 bridgehead atoms. The third-order valence-corrected chi connectivity index (χ3v) is 11.9. The van der Waals surface area contributed by atoms with Gasteiger partial charge in [0.2, 0.25) is 5.60 Å². The highest BCUT2D eigenvalue weighted by atomic mass is 31.2. The van der Waals surface area contributed by atoms with Crippen LogP contribution in [0.25, 0.3) is 5.52 Å². The first-order chi connectivity index (χ1) is 26.2. The predicted molar refractivity (Wildman–Crippen MR) is 205 cm³/mol. The van der Waals surface area contributed by atoms with E-state index in [1.165, 1.54) is 100 Å². The monoisotopic (exact) mass is 769 g/mol. The number of benzene rings is 1. The quantitative estimate of drug-likeness (QED) is 0.0447. The summed E-state index contributed by atoms with van der Waals surface area (Å²) in [5, 5.41) is 36.9. The summed E-state index contributed by atoms with van der Waals surface area (Å²) >= 11 is 0. The number of nitrogens with zero attached hydrogens (tertiary/aromatic N) is 4. The Labute approximate surface area is 319 Å². The summed E-state index contributed by atoms with van der Waals surface area (Å²) in [6.07, 6.45) is 17.4. The fourth-order valence-electron chi connectivity index (χ4n) is 7.57. The topological polar surface area (TPSA) is 195 Å². The van der Waals surface area contributed by atoms with Crippen molar-refractivity contribution in [1.82, 2.24) is 14.6 Å². The van der Waals surface area contributed by atoms with E-state index in [2.05, 4.69) is 17.0 Å². The molecule has 2 aliphatic rings. The molecule has 2 aromatic heterocycles. The van der Waals surface area contributed by atoms with Crippen LogP contribution in [0.5, 0.6) is 0 Å². The van der Waals surface area contributed by atoms with Crippen LogP contribution < -0.4 is 5.73 Å². The van der Waals surface area contributed by atoms with Gasteiger partial charge in [-0.25, -0.2) is 14.1 Å². The molecule has 0 radical (unpaired) electrons. The number of nitrogens with two attached hydrogens (primary N) is 1. The second-order valence-electron chi connectivity index (χ2n) is 15.0. The van der Waals surface area contributed by atoms with Crippen LogP contribution >= 0.6 is 7.82 Å². The normalized spacial score (nSPS) is 25.0. The maximum atomic E-state index is 13.3. The van der Waals surface area contributed by atoms with E-state index < -0.39 is 43.4 Å². The number of fused-ring (bicyclic) bond motifs is 2. The van der Waals surface area contributed by atoms with E-state index >= 15 is 0 Å². The molecule has 13 nitrogen and oxygen atoms in total. The first-order valence-corrected chi connectivity index (χ1v) is 21.5. The van der Waals surface area contributed by atoms with Crippen LogP contribution in [0.15, 0.2) is 48.8 Å². The number of unbranched alkanes of at least 4 members (excludes halogenated alkanes) is 15. The molecule has 5 rings (SSSR count). The molecule has 1 aromatic carbocycles. The highest BCUT2D eigenvalue weighted by molar-refractivity contribution is 7.47. The molecule has 2 fully saturated rings. The Balaban J connectivity index is 1.03. The lowest BCUT2D eigenvalue weighted by atomic mass is 9.90. The largest absolute Gasteiger partial charge is 0.473 e. The van der Waals surface area contributed by atoms with Crippen LogP contribution in [-0.4, -0.2) is 72.9 Å². The van der Waals surface area contributed by atoms with Crippen molar-refractivity contribution in [2.24, 2.45) is 0 Å². The number of hydrogen-bond donors (Lipinski definition) is 4. The molecule has 0 spiro atoms. The number of nitrogen functional groups attached to an aromatic ring is 1. The van der Waals surface area contributed by atoms with Crippen molar-refractivity contribution in [3.05, 3.63) is 60.0 Å². The van der Waals surface area contributed by atoms with Gasteiger partial charge in [-0.2, -0.15) is 10.4 Å². The number of ether oxygens (including phenoxy) is 2. The minimum absolute atomic E-state index is 0.0841. The van der Waals surface area contributed by atoms with Crippen molar-refractivity contribution in [3.63, 3.8) is 0 Å². The summed E-state index contributed by atoms with van der Waals surface area (Å²) in [7, 11) is -4.79. The van der Waals surface area contributed by atoms with E-state index in [0.29, 0.717) is 25.0 Å². The third-order valence-electron chi connectivity index (χ3n) is 10.8. The zero-order valence-electron chi connectivity index (χ0n) is 31.8. The molecule has 1 aliphatic heterocycles. The Hall–Kier alpha value is -2.92. The molecule has 2 unspecified atom stereocenters. The lowest BCUT2D eigenvalue weighted by Gasteiger charge is -2.30. The van der Waals surface area contributed by atoms with E-state index in [9.17, 15) is 24.9 Å². The van der Waals surface area contributed by atoms with Crippen molar-refractivity contribution >= 4 is 19.2 Å². The van der Waals surface area contributed by atoms with E-state index in [4.69, 9.17) is 24.3 Å². The number of aliphatic hydroxyl groups excluding tert-OH is 1. The lowest BCUT2D eigenvalue weighted by Crippen LogP contribution is -2.47. The van der Waals surface area contributed by atoms with Crippen LogP contribution in [0.2, 0.25) is 0 Å². The summed E-state index contributed by atoms with van der Waals surface area (Å²) in [6, 6.07) is 14.7. The first-order valence-electron chi connectivity index (χ1n) is 20.1. The summed E-state index contributed by atoms with van der Waals surface area (Å²) in [4.78, 5) is 14.8. The van der Waals surface area contributed by atoms with Gasteiger partial charge in [-0.1, -0.05) is 134 Å². The number of rotatable bonds is 27. The van der Waals surface area contributed by atoms with Gasteiger partial charge in [-0.15, -0.1) is 0 Å². The molecule has 14 heteroatoms. The second kappa shape index (κ2) is 20.3. The standard InChI is InChI=1S/C40H60N5O8P/c1-2-3-4-5-6-7-8-9-10-11-12-13-14-15-16-20-27-50-28-32(24-23-31-21-18-17-19-22-31)52-54(48,49)53-36-35-40(36,47)38(46)39(29-41,51-35)34-26-25-33-37(42)43-30-44-45(33)34/h17-19,21-22,25-26,30,32,35-36,38,46-47H,2-16,20,23-24,27-28H2,1H3,(H,48,49)(H2,42,43,44)/t32-,35+,36?,38-,39-,40-/m0/s1. The smallest absolute Gasteiger partial charge is 0.385 e. The number of anilines is 1. The van der Waals surface area contributed by atoms with E-state index in [0.717, 1.165) is 24.8 Å². The summed E-state index contributed by atoms with van der Waals surface area (Å²) < 4.78 is 37.5. The van der Waals surface area contributed by atoms with E-state index in [1.54, 1.807) is 6.07 Å². The van der Waals surface area contributed by atoms with Gasteiger partial charge < -0.3 is 30.3 Å². The highest BCUT2D eigenvalue weighted by Crippen LogP contribution is 2.63. The third kappa shape index (κ3) is 10.7. The average molecular weight is 770 g/mol. The van der Waals surface area contributed by atoms with Crippen molar-refractivity contribution in [1.29, 1.82) is 5.26 Å². The minimum atomic E-state index is -4.79. The van der Waals surface area contributed by atoms with E-state index in [1.807, 2.05) is 36.4 Å². The van der Waals surface area contributed by atoms with Crippen LogP contribution in [-0.2, 0) is 35.1 Å². The SMILES string of the molecule is CCCCCCCCCCCCCCCCCCOC[C@H](CCc1ccccc1)OP(=O)(O)OC1[C@H]2O[C@@](C#N)(c3ccc4c(N)ncnn34)[C@H](O)[C@@]12O. The molecule has 54 heavy (non-hydrogen) atoms. The average Bonchev–Trinajstić information content (AvgIpc) is 3.41. The van der Waals surface area contributed by atoms with Gasteiger partial charge in [-0.3, -0.25) is 9.05 Å². The van der Waals surface area contributed by atoms with Gasteiger partial charge in [0.1, 0.15) is 36.2 Å².